The summed E-state index contributed by atoms with van der Waals surface area (Å²) in [7, 11) is -4.01. The summed E-state index contributed by atoms with van der Waals surface area (Å²) in [6.45, 7) is 0.559. The van der Waals surface area contributed by atoms with E-state index in [1.54, 1.807) is 24.4 Å². The molecular formula is C22H27N5O5S. The van der Waals surface area contributed by atoms with E-state index in [9.17, 15) is 18.4 Å². The van der Waals surface area contributed by atoms with Gasteiger partial charge in [-0.3, -0.25) is 19.7 Å². The standard InChI is InChI=1S/C21H23N5O5S.CH4/c27-21(24-28)20-19(14-23-26(20)15-16-6-4-5-11-22-16)32(29,30)25-12-9-18(10-13-25)31-17-7-2-1-3-8-17;/h1-8,11,14,18,28H,9-10,12-13,15H2,(H,24,27);1H4. The number of nitrogens with one attached hydrogen (secondary N) is 1. The number of hydrogen-bond acceptors (Lipinski definition) is 7. The van der Waals surface area contributed by atoms with Crippen molar-refractivity contribution >= 4 is 15.9 Å². The first-order chi connectivity index (χ1) is 15.5. The molecule has 1 fully saturated rings. The Kier molecular flexibility index (Phi) is 7.79. The Hall–Kier alpha value is -3.28. The van der Waals surface area contributed by atoms with Crippen molar-refractivity contribution in [2.45, 2.75) is 37.8 Å². The van der Waals surface area contributed by atoms with E-state index in [-0.39, 0.29) is 43.8 Å². The molecule has 0 unspecified atom stereocenters. The molecule has 0 aliphatic carbocycles. The molecule has 2 aromatic heterocycles. The van der Waals surface area contributed by atoms with Crippen LogP contribution in [0.4, 0.5) is 0 Å². The number of aromatic nitrogens is 3. The summed E-state index contributed by atoms with van der Waals surface area (Å²) < 4.78 is 35.1. The zero-order valence-corrected chi connectivity index (χ0v) is 18.0. The van der Waals surface area contributed by atoms with Crippen LogP contribution in [0, 0.1) is 0 Å². The lowest BCUT2D eigenvalue weighted by molar-refractivity contribution is 0.0690. The van der Waals surface area contributed by atoms with E-state index in [0.29, 0.717) is 18.5 Å². The monoisotopic (exact) mass is 473 g/mol. The number of sulfonamides is 1. The molecular weight excluding hydrogens is 446 g/mol. The molecule has 33 heavy (non-hydrogen) atoms. The lowest BCUT2D eigenvalue weighted by Crippen LogP contribution is -2.42. The Morgan fingerprint density at radius 1 is 1.12 bits per heavy atom. The third-order valence-corrected chi connectivity index (χ3v) is 7.12. The second kappa shape index (κ2) is 10.6. The van der Waals surface area contributed by atoms with Gasteiger partial charge in [0.05, 0.1) is 18.4 Å². The van der Waals surface area contributed by atoms with Crippen LogP contribution in [0.15, 0.2) is 65.8 Å². The number of hydroxylamine groups is 1. The molecule has 0 atom stereocenters. The van der Waals surface area contributed by atoms with Crippen molar-refractivity contribution in [3.8, 4) is 5.75 Å². The van der Waals surface area contributed by atoms with Gasteiger partial charge in [0.1, 0.15) is 22.4 Å². The molecule has 3 heterocycles. The van der Waals surface area contributed by atoms with Crippen molar-refractivity contribution < 1.29 is 23.2 Å². The molecule has 0 spiro atoms. The lowest BCUT2D eigenvalue weighted by Gasteiger charge is -2.31. The number of carbonyl (C=O) groups excluding carboxylic acids is 1. The molecule has 3 aromatic rings. The first kappa shape index (κ1) is 24.4. The number of hydrogen-bond donors (Lipinski definition) is 2. The lowest BCUT2D eigenvalue weighted by atomic mass is 10.1. The van der Waals surface area contributed by atoms with Crippen LogP contribution in [-0.4, -0.2) is 57.8 Å². The molecule has 1 amide bonds. The van der Waals surface area contributed by atoms with E-state index in [0.717, 1.165) is 11.9 Å². The molecule has 1 saturated heterocycles. The normalized spacial score (nSPS) is 14.9. The Morgan fingerprint density at radius 3 is 2.45 bits per heavy atom. The average Bonchev–Trinajstić information content (AvgIpc) is 3.24. The van der Waals surface area contributed by atoms with Crippen molar-refractivity contribution in [3.63, 3.8) is 0 Å². The minimum atomic E-state index is -4.01. The number of carbonyl (C=O) groups is 1. The minimum absolute atomic E-state index is 0. The minimum Gasteiger partial charge on any atom is -0.490 e. The fourth-order valence-corrected chi connectivity index (χ4v) is 5.22. The maximum atomic E-state index is 13.3. The second-order valence-electron chi connectivity index (χ2n) is 7.31. The maximum absolute atomic E-state index is 13.3. The van der Waals surface area contributed by atoms with Crippen molar-refractivity contribution in [2.24, 2.45) is 0 Å². The molecule has 1 aliphatic heterocycles. The Bertz CT molecular complexity index is 1160. The van der Waals surface area contributed by atoms with Crippen LogP contribution >= 0.6 is 0 Å². The Balaban J connectivity index is 0.00000306. The van der Waals surface area contributed by atoms with Gasteiger partial charge in [0.15, 0.2) is 0 Å². The highest BCUT2D eigenvalue weighted by Crippen LogP contribution is 2.26. The number of piperidine rings is 1. The van der Waals surface area contributed by atoms with Crippen LogP contribution in [0.3, 0.4) is 0 Å². The van der Waals surface area contributed by atoms with Crippen LogP contribution in [0.5, 0.6) is 5.75 Å². The number of benzene rings is 1. The summed E-state index contributed by atoms with van der Waals surface area (Å²) in [5, 5.41) is 13.3. The smallest absolute Gasteiger partial charge is 0.294 e. The summed E-state index contributed by atoms with van der Waals surface area (Å²) in [6.07, 6.45) is 3.64. The molecule has 1 aromatic carbocycles. The largest absolute Gasteiger partial charge is 0.490 e. The van der Waals surface area contributed by atoms with E-state index in [2.05, 4.69) is 10.1 Å². The number of para-hydroxylation sites is 1. The van der Waals surface area contributed by atoms with Gasteiger partial charge in [0.2, 0.25) is 10.0 Å². The van der Waals surface area contributed by atoms with Gasteiger partial charge in [-0.15, -0.1) is 0 Å². The Labute approximate surface area is 192 Å². The molecule has 0 radical (unpaired) electrons. The number of pyridine rings is 1. The quantitative estimate of drug-likeness (QED) is 0.398. The SMILES string of the molecule is C.O=C(NO)c1c(S(=O)(=O)N2CCC(Oc3ccccc3)CC2)cnn1Cc1ccccn1. The first-order valence-electron chi connectivity index (χ1n) is 10.1. The molecule has 4 rings (SSSR count). The van der Waals surface area contributed by atoms with Crippen molar-refractivity contribution in [1.82, 2.24) is 24.5 Å². The van der Waals surface area contributed by atoms with E-state index in [4.69, 9.17) is 4.74 Å². The zero-order chi connectivity index (χ0) is 22.6. The van der Waals surface area contributed by atoms with Crippen LogP contribution in [0.25, 0.3) is 0 Å². The van der Waals surface area contributed by atoms with Gasteiger partial charge < -0.3 is 4.74 Å². The molecule has 2 N–H and O–H groups in total. The topological polar surface area (TPSA) is 127 Å². The predicted octanol–water partition coefficient (Wildman–Crippen LogP) is 2.31. The third-order valence-electron chi connectivity index (χ3n) is 5.23. The van der Waals surface area contributed by atoms with E-state index < -0.39 is 15.9 Å². The molecule has 0 saturated carbocycles. The molecule has 176 valence electrons. The summed E-state index contributed by atoms with van der Waals surface area (Å²) in [5.41, 5.74) is 1.86. The average molecular weight is 474 g/mol. The maximum Gasteiger partial charge on any atom is 0.294 e. The summed E-state index contributed by atoms with van der Waals surface area (Å²) in [5.74, 6) is -0.217. The van der Waals surface area contributed by atoms with Crippen molar-refractivity contribution in [3.05, 3.63) is 72.3 Å². The summed E-state index contributed by atoms with van der Waals surface area (Å²) in [4.78, 5) is 16.3. The summed E-state index contributed by atoms with van der Waals surface area (Å²) in [6, 6.07) is 14.6. The highest BCUT2D eigenvalue weighted by molar-refractivity contribution is 7.89. The van der Waals surface area contributed by atoms with Crippen LogP contribution in [0.2, 0.25) is 0 Å². The third kappa shape index (κ3) is 5.38. The highest BCUT2D eigenvalue weighted by atomic mass is 32.2. The van der Waals surface area contributed by atoms with Crippen LogP contribution in [-0.2, 0) is 16.6 Å². The van der Waals surface area contributed by atoms with Crippen LogP contribution < -0.4 is 10.2 Å². The van der Waals surface area contributed by atoms with Crippen LogP contribution in [0.1, 0.15) is 36.5 Å². The second-order valence-corrected chi connectivity index (χ2v) is 9.22. The highest BCUT2D eigenvalue weighted by Gasteiger charge is 2.35. The predicted molar refractivity (Wildman–Crippen MR) is 120 cm³/mol. The fraction of sp³-hybridized carbons (Fsp3) is 0.318. The molecule has 10 nitrogen and oxygen atoms in total. The summed E-state index contributed by atoms with van der Waals surface area (Å²) >= 11 is 0. The van der Waals surface area contributed by atoms with E-state index in [1.165, 1.54) is 14.5 Å². The van der Waals surface area contributed by atoms with Crippen molar-refractivity contribution in [1.29, 1.82) is 0 Å². The number of rotatable bonds is 7. The van der Waals surface area contributed by atoms with Gasteiger partial charge in [-0.1, -0.05) is 31.7 Å². The molecule has 1 aliphatic rings. The van der Waals surface area contributed by atoms with Gasteiger partial charge in [0, 0.05) is 19.3 Å². The molecule has 0 bridgehead atoms. The van der Waals surface area contributed by atoms with E-state index in [1.807, 2.05) is 30.3 Å². The number of amides is 1. The molecule has 11 heteroatoms. The first-order valence-corrected chi connectivity index (χ1v) is 11.5. The number of nitrogens with zero attached hydrogens (tertiary/aromatic N) is 4. The zero-order valence-electron chi connectivity index (χ0n) is 17.2. The Morgan fingerprint density at radius 2 is 1.82 bits per heavy atom. The van der Waals surface area contributed by atoms with Gasteiger partial charge in [-0.05, 0) is 37.1 Å². The van der Waals surface area contributed by atoms with Gasteiger partial charge in [-0.2, -0.15) is 9.40 Å². The number of ether oxygens (including phenoxy) is 1. The van der Waals surface area contributed by atoms with E-state index >= 15 is 0 Å². The van der Waals surface area contributed by atoms with Gasteiger partial charge >= 0.3 is 0 Å². The fourth-order valence-electron chi connectivity index (χ4n) is 3.62. The van der Waals surface area contributed by atoms with Gasteiger partial charge in [0.25, 0.3) is 5.91 Å². The van der Waals surface area contributed by atoms with Gasteiger partial charge in [-0.25, -0.2) is 13.9 Å². The van der Waals surface area contributed by atoms with Crippen molar-refractivity contribution in [2.75, 3.05) is 13.1 Å².